The molecular formula is C31H41N. The summed E-state index contributed by atoms with van der Waals surface area (Å²) in [6.07, 6.45) is 21.0. The molecule has 2 unspecified atom stereocenters. The second kappa shape index (κ2) is 10.4. The SMILES string of the molecule is C/C=C(\C=C1\CC(C2=C\CN\C=C(C)/C=C/2C)C=CC1=C(C)C)C1=C(C)C(CC)C=C1C. The van der Waals surface area contributed by atoms with E-state index >= 15 is 0 Å². The zero-order valence-corrected chi connectivity index (χ0v) is 21.4. The van der Waals surface area contributed by atoms with E-state index in [0.717, 1.165) is 13.0 Å². The normalized spacial score (nSPS) is 30.6. The third-order valence-corrected chi connectivity index (χ3v) is 7.05. The molecule has 1 heterocycles. The molecule has 0 amide bonds. The van der Waals surface area contributed by atoms with Gasteiger partial charge in [0.15, 0.2) is 0 Å². The van der Waals surface area contributed by atoms with Crippen molar-refractivity contribution in [2.45, 2.75) is 68.2 Å². The van der Waals surface area contributed by atoms with Crippen molar-refractivity contribution in [2.75, 3.05) is 6.54 Å². The third-order valence-electron chi connectivity index (χ3n) is 7.05. The van der Waals surface area contributed by atoms with Gasteiger partial charge in [-0.3, -0.25) is 0 Å². The number of nitrogens with one attached hydrogen (secondary N) is 1. The van der Waals surface area contributed by atoms with Crippen molar-refractivity contribution < 1.29 is 0 Å². The van der Waals surface area contributed by atoms with E-state index < -0.39 is 0 Å². The highest BCUT2D eigenvalue weighted by molar-refractivity contribution is 5.61. The first-order valence-electron chi connectivity index (χ1n) is 12.2. The van der Waals surface area contributed by atoms with Crippen LogP contribution in [0.2, 0.25) is 0 Å². The predicted octanol–water partition coefficient (Wildman–Crippen LogP) is 8.45. The summed E-state index contributed by atoms with van der Waals surface area (Å²) in [4.78, 5) is 0. The van der Waals surface area contributed by atoms with E-state index in [0.29, 0.717) is 11.8 Å². The van der Waals surface area contributed by atoms with Crippen LogP contribution in [0.15, 0.2) is 104 Å². The van der Waals surface area contributed by atoms with Crippen LogP contribution in [-0.2, 0) is 0 Å². The Morgan fingerprint density at radius 3 is 2.50 bits per heavy atom. The average molecular weight is 428 g/mol. The minimum atomic E-state index is 0.407. The van der Waals surface area contributed by atoms with Gasteiger partial charge in [-0.15, -0.1) is 0 Å². The van der Waals surface area contributed by atoms with Gasteiger partial charge in [0, 0.05) is 12.5 Å². The smallest absolute Gasteiger partial charge is 0.0331 e. The van der Waals surface area contributed by atoms with Crippen molar-refractivity contribution in [3.8, 4) is 0 Å². The van der Waals surface area contributed by atoms with Crippen molar-refractivity contribution in [3.63, 3.8) is 0 Å². The molecule has 0 saturated heterocycles. The van der Waals surface area contributed by atoms with Crippen LogP contribution >= 0.6 is 0 Å². The molecule has 0 radical (unpaired) electrons. The van der Waals surface area contributed by atoms with Crippen molar-refractivity contribution in [1.82, 2.24) is 5.32 Å². The first kappa shape index (κ1) is 24.1. The molecule has 2 aliphatic carbocycles. The van der Waals surface area contributed by atoms with Crippen LogP contribution in [0.4, 0.5) is 0 Å². The van der Waals surface area contributed by atoms with Crippen molar-refractivity contribution in [1.29, 1.82) is 0 Å². The quantitative estimate of drug-likeness (QED) is 0.474. The molecule has 32 heavy (non-hydrogen) atoms. The molecule has 0 fully saturated rings. The molecule has 0 spiro atoms. The van der Waals surface area contributed by atoms with Crippen molar-refractivity contribution in [3.05, 3.63) is 104 Å². The number of hydrogen-bond acceptors (Lipinski definition) is 1. The molecule has 0 aromatic carbocycles. The minimum Gasteiger partial charge on any atom is -0.387 e. The van der Waals surface area contributed by atoms with Gasteiger partial charge in [-0.1, -0.05) is 60.6 Å². The Balaban J connectivity index is 2.03. The molecule has 0 aromatic heterocycles. The Bertz CT molecular complexity index is 1040. The Morgan fingerprint density at radius 1 is 1.12 bits per heavy atom. The lowest BCUT2D eigenvalue weighted by Crippen LogP contribution is -2.15. The molecule has 3 rings (SSSR count). The maximum atomic E-state index is 3.41. The van der Waals surface area contributed by atoms with Gasteiger partial charge in [-0.2, -0.15) is 0 Å². The molecule has 0 bridgehead atoms. The molecule has 170 valence electrons. The Kier molecular flexibility index (Phi) is 7.82. The van der Waals surface area contributed by atoms with E-state index in [1.165, 1.54) is 62.2 Å². The van der Waals surface area contributed by atoms with Gasteiger partial charge in [0.25, 0.3) is 0 Å². The number of allylic oxidation sites excluding steroid dienone is 16. The maximum absolute atomic E-state index is 3.41. The maximum Gasteiger partial charge on any atom is 0.0331 e. The van der Waals surface area contributed by atoms with Gasteiger partial charge in [-0.05, 0) is 118 Å². The molecule has 1 N–H and O–H groups in total. The summed E-state index contributed by atoms with van der Waals surface area (Å²) in [6.45, 7) is 18.8. The largest absolute Gasteiger partial charge is 0.387 e. The number of rotatable bonds is 4. The fraction of sp³-hybridized carbons (Fsp3) is 0.419. The monoisotopic (exact) mass is 427 g/mol. The topological polar surface area (TPSA) is 12.0 Å². The molecular weight excluding hydrogens is 386 g/mol. The molecule has 3 aliphatic rings. The van der Waals surface area contributed by atoms with Crippen molar-refractivity contribution >= 4 is 0 Å². The Hall–Kier alpha value is -2.54. The highest BCUT2D eigenvalue weighted by Gasteiger charge is 2.24. The van der Waals surface area contributed by atoms with Crippen LogP contribution in [0.5, 0.6) is 0 Å². The summed E-state index contributed by atoms with van der Waals surface area (Å²) in [7, 11) is 0. The first-order chi connectivity index (χ1) is 15.3. The van der Waals surface area contributed by atoms with Crippen LogP contribution in [-0.4, -0.2) is 6.54 Å². The van der Waals surface area contributed by atoms with Gasteiger partial charge >= 0.3 is 0 Å². The number of hydrogen-bond donors (Lipinski definition) is 1. The van der Waals surface area contributed by atoms with E-state index in [9.17, 15) is 0 Å². The standard InChI is InChI=1S/C31H41N/c1-9-25-16-23(7)31(24(25)8)26(10-2)17-28-18-27(11-12-29(28)20(3)4)30-13-14-32-19-21(5)15-22(30)6/h10-13,15-17,19,25,27,32H,9,14,18H2,1-8H3/b21-19-,22-15+,26-10+,28-17-,30-13+. The molecule has 1 heteroatoms. The molecule has 2 atom stereocenters. The predicted molar refractivity (Wildman–Crippen MR) is 141 cm³/mol. The lowest BCUT2D eigenvalue weighted by Gasteiger charge is -2.27. The summed E-state index contributed by atoms with van der Waals surface area (Å²) in [5, 5.41) is 3.41. The summed E-state index contributed by atoms with van der Waals surface area (Å²) in [5.41, 5.74) is 14.1. The third kappa shape index (κ3) is 5.09. The second-order valence-corrected chi connectivity index (χ2v) is 9.70. The summed E-state index contributed by atoms with van der Waals surface area (Å²) in [5.74, 6) is 0.988. The van der Waals surface area contributed by atoms with Gasteiger partial charge in [0.1, 0.15) is 0 Å². The van der Waals surface area contributed by atoms with E-state index in [4.69, 9.17) is 0 Å². The highest BCUT2D eigenvalue weighted by atomic mass is 14.8. The van der Waals surface area contributed by atoms with E-state index in [-0.39, 0.29) is 0 Å². The van der Waals surface area contributed by atoms with Gasteiger partial charge in [0.2, 0.25) is 0 Å². The zero-order valence-electron chi connectivity index (χ0n) is 21.4. The van der Waals surface area contributed by atoms with E-state index in [1.54, 1.807) is 0 Å². The van der Waals surface area contributed by atoms with Gasteiger partial charge < -0.3 is 5.32 Å². The van der Waals surface area contributed by atoms with Crippen LogP contribution in [0.3, 0.4) is 0 Å². The summed E-state index contributed by atoms with van der Waals surface area (Å²) < 4.78 is 0. The minimum absolute atomic E-state index is 0.407. The second-order valence-electron chi connectivity index (χ2n) is 9.70. The summed E-state index contributed by atoms with van der Waals surface area (Å²) >= 11 is 0. The lowest BCUT2D eigenvalue weighted by atomic mass is 9.78. The molecule has 1 aliphatic heterocycles. The fourth-order valence-corrected chi connectivity index (χ4v) is 5.41. The van der Waals surface area contributed by atoms with Crippen LogP contribution < -0.4 is 5.32 Å². The molecule has 0 saturated carbocycles. The first-order valence-corrected chi connectivity index (χ1v) is 12.2. The van der Waals surface area contributed by atoms with E-state index in [1.807, 2.05) is 0 Å². The van der Waals surface area contributed by atoms with Crippen LogP contribution in [0.25, 0.3) is 0 Å². The Morgan fingerprint density at radius 2 is 1.88 bits per heavy atom. The van der Waals surface area contributed by atoms with Gasteiger partial charge in [0.05, 0.1) is 0 Å². The highest BCUT2D eigenvalue weighted by Crippen LogP contribution is 2.41. The van der Waals surface area contributed by atoms with Gasteiger partial charge in [-0.25, -0.2) is 0 Å². The average Bonchev–Trinajstić information content (AvgIpc) is 3.03. The summed E-state index contributed by atoms with van der Waals surface area (Å²) in [6, 6.07) is 0. The lowest BCUT2D eigenvalue weighted by molar-refractivity contribution is 0.732. The Labute approximate surface area is 196 Å². The van der Waals surface area contributed by atoms with Crippen LogP contribution in [0.1, 0.15) is 68.2 Å². The van der Waals surface area contributed by atoms with Crippen LogP contribution in [0, 0.1) is 11.8 Å². The molecule has 1 nitrogen and oxygen atoms in total. The van der Waals surface area contributed by atoms with E-state index in [2.05, 4.69) is 109 Å². The van der Waals surface area contributed by atoms with Crippen molar-refractivity contribution in [2.24, 2.45) is 11.8 Å². The molecule has 0 aromatic rings. The zero-order chi connectivity index (χ0) is 23.4. The fourth-order valence-electron chi connectivity index (χ4n) is 5.41.